The normalized spacial score (nSPS) is 24.3. The zero-order valence-corrected chi connectivity index (χ0v) is 11.7. The third-order valence-corrected chi connectivity index (χ3v) is 4.45. The lowest BCUT2D eigenvalue weighted by atomic mass is 9.93. The number of carbonyl (C=O) groups excluding carboxylic acids is 1. The molecule has 0 aliphatic carbocycles. The van der Waals surface area contributed by atoms with Crippen LogP contribution in [-0.2, 0) is 11.2 Å². The highest BCUT2D eigenvalue weighted by Gasteiger charge is 2.38. The van der Waals surface area contributed by atoms with Gasteiger partial charge in [-0.25, -0.2) is 4.98 Å². The topological polar surface area (TPSA) is 61.0 Å². The molecular weight excluding hydrogens is 264 g/mol. The number of benzene rings is 1. The number of rotatable bonds is 2. The Morgan fingerprint density at radius 3 is 2.81 bits per heavy atom. The first-order chi connectivity index (χ1) is 10.3. The molecule has 3 heterocycles. The van der Waals surface area contributed by atoms with E-state index in [-0.39, 0.29) is 18.0 Å². The smallest absolute Gasteiger partial charge is 0.240 e. The van der Waals surface area contributed by atoms with Crippen LogP contribution in [0.4, 0.5) is 0 Å². The van der Waals surface area contributed by atoms with Crippen LogP contribution in [0.25, 0.3) is 0 Å². The third-order valence-electron chi connectivity index (χ3n) is 4.45. The quantitative estimate of drug-likeness (QED) is 0.871. The molecule has 1 aromatic heterocycles. The molecule has 1 aromatic carbocycles. The molecule has 2 N–H and O–H groups in total. The summed E-state index contributed by atoms with van der Waals surface area (Å²) in [5.74, 6) is 0.198. The largest absolute Gasteiger partial charge is 0.348 e. The van der Waals surface area contributed by atoms with Crippen molar-refractivity contribution < 1.29 is 4.79 Å². The average Bonchev–Trinajstić information content (AvgIpc) is 2.93. The zero-order valence-electron chi connectivity index (χ0n) is 11.7. The minimum atomic E-state index is -0.0731. The fourth-order valence-electron chi connectivity index (χ4n) is 3.19. The van der Waals surface area contributed by atoms with Gasteiger partial charge in [0.1, 0.15) is 6.04 Å². The van der Waals surface area contributed by atoms with Crippen molar-refractivity contribution in [2.75, 3.05) is 13.1 Å². The van der Waals surface area contributed by atoms with Crippen LogP contribution in [0.15, 0.2) is 36.7 Å². The molecule has 0 spiro atoms. The van der Waals surface area contributed by atoms with E-state index in [1.807, 2.05) is 23.1 Å². The summed E-state index contributed by atoms with van der Waals surface area (Å²) >= 11 is 0. The SMILES string of the molecule is O=C(C1CCN1)N1CCc2[nH]cnc2C1c1ccccc1. The molecule has 21 heavy (non-hydrogen) atoms. The number of H-pyrrole nitrogens is 1. The van der Waals surface area contributed by atoms with E-state index in [1.165, 1.54) is 0 Å². The Morgan fingerprint density at radius 1 is 1.29 bits per heavy atom. The number of nitrogens with zero attached hydrogens (tertiary/aromatic N) is 2. The van der Waals surface area contributed by atoms with Gasteiger partial charge < -0.3 is 15.2 Å². The second-order valence-corrected chi connectivity index (χ2v) is 5.66. The molecule has 2 aliphatic heterocycles. The van der Waals surface area contributed by atoms with Crippen LogP contribution in [0.5, 0.6) is 0 Å². The van der Waals surface area contributed by atoms with Gasteiger partial charge in [0.2, 0.25) is 5.91 Å². The molecule has 0 saturated carbocycles. The maximum atomic E-state index is 12.7. The van der Waals surface area contributed by atoms with Crippen molar-refractivity contribution in [1.82, 2.24) is 20.2 Å². The van der Waals surface area contributed by atoms with Gasteiger partial charge in [0.15, 0.2) is 0 Å². The Labute approximate surface area is 123 Å². The Balaban J connectivity index is 1.74. The van der Waals surface area contributed by atoms with E-state index in [0.717, 1.165) is 42.9 Å². The molecule has 1 amide bonds. The summed E-state index contributed by atoms with van der Waals surface area (Å²) in [6, 6.07) is 10.1. The maximum Gasteiger partial charge on any atom is 0.240 e. The van der Waals surface area contributed by atoms with E-state index in [2.05, 4.69) is 27.4 Å². The Bertz CT molecular complexity index is 647. The van der Waals surface area contributed by atoms with Gasteiger partial charge in [0, 0.05) is 18.7 Å². The first-order valence-electron chi connectivity index (χ1n) is 7.45. The van der Waals surface area contributed by atoms with Crippen LogP contribution in [0.2, 0.25) is 0 Å². The van der Waals surface area contributed by atoms with Crippen molar-refractivity contribution in [1.29, 1.82) is 0 Å². The number of hydrogen-bond donors (Lipinski definition) is 2. The molecule has 2 aliphatic rings. The molecule has 1 fully saturated rings. The summed E-state index contributed by atoms with van der Waals surface area (Å²) in [4.78, 5) is 22.4. The van der Waals surface area contributed by atoms with Crippen LogP contribution in [0.1, 0.15) is 29.4 Å². The summed E-state index contributed by atoms with van der Waals surface area (Å²) in [7, 11) is 0. The van der Waals surface area contributed by atoms with E-state index in [4.69, 9.17) is 0 Å². The van der Waals surface area contributed by atoms with E-state index < -0.39 is 0 Å². The van der Waals surface area contributed by atoms with Crippen LogP contribution in [-0.4, -0.2) is 39.9 Å². The number of hydrogen-bond acceptors (Lipinski definition) is 3. The maximum absolute atomic E-state index is 12.7. The van der Waals surface area contributed by atoms with Crippen LogP contribution in [0.3, 0.4) is 0 Å². The number of carbonyl (C=O) groups is 1. The van der Waals surface area contributed by atoms with E-state index in [9.17, 15) is 4.79 Å². The molecule has 0 bridgehead atoms. The molecule has 2 aromatic rings. The van der Waals surface area contributed by atoms with Gasteiger partial charge in [0.25, 0.3) is 0 Å². The average molecular weight is 282 g/mol. The minimum Gasteiger partial charge on any atom is -0.348 e. The van der Waals surface area contributed by atoms with Gasteiger partial charge in [0.05, 0.1) is 18.1 Å². The lowest BCUT2D eigenvalue weighted by Crippen LogP contribution is -2.56. The van der Waals surface area contributed by atoms with Crippen molar-refractivity contribution in [2.24, 2.45) is 0 Å². The van der Waals surface area contributed by atoms with E-state index in [1.54, 1.807) is 6.33 Å². The molecule has 4 rings (SSSR count). The molecular formula is C16H18N4O. The Hall–Kier alpha value is -2.14. The van der Waals surface area contributed by atoms with Crippen LogP contribution < -0.4 is 5.32 Å². The minimum absolute atomic E-state index is 0.0169. The molecule has 2 unspecified atom stereocenters. The van der Waals surface area contributed by atoms with Gasteiger partial charge in [-0.3, -0.25) is 4.79 Å². The molecule has 5 heteroatoms. The van der Waals surface area contributed by atoms with Gasteiger partial charge in [-0.15, -0.1) is 0 Å². The molecule has 108 valence electrons. The standard InChI is InChI=1S/C16H18N4O/c21-16(13-6-8-17-13)20-9-7-12-14(19-10-18-12)15(20)11-4-2-1-3-5-11/h1-5,10,13,15,17H,6-9H2,(H,18,19). The van der Waals surface area contributed by atoms with Crippen molar-refractivity contribution in [3.05, 3.63) is 53.6 Å². The number of fused-ring (bicyclic) bond motifs is 1. The van der Waals surface area contributed by atoms with Crippen molar-refractivity contribution in [2.45, 2.75) is 24.9 Å². The number of amides is 1. The summed E-state index contributed by atoms with van der Waals surface area (Å²) in [5, 5.41) is 3.21. The number of nitrogens with one attached hydrogen (secondary N) is 2. The highest BCUT2D eigenvalue weighted by molar-refractivity contribution is 5.84. The van der Waals surface area contributed by atoms with Gasteiger partial charge in [-0.05, 0) is 18.5 Å². The van der Waals surface area contributed by atoms with E-state index >= 15 is 0 Å². The summed E-state index contributed by atoms with van der Waals surface area (Å²) in [6.07, 6.45) is 3.51. The van der Waals surface area contributed by atoms with E-state index in [0.29, 0.717) is 0 Å². The fraction of sp³-hybridized carbons (Fsp3) is 0.375. The summed E-state index contributed by atoms with van der Waals surface area (Å²) in [5.41, 5.74) is 3.26. The highest BCUT2D eigenvalue weighted by atomic mass is 16.2. The predicted octanol–water partition coefficient (Wildman–Crippen LogP) is 1.25. The highest BCUT2D eigenvalue weighted by Crippen LogP contribution is 2.34. The third kappa shape index (κ3) is 2.05. The lowest BCUT2D eigenvalue weighted by molar-refractivity contribution is -0.137. The Morgan fingerprint density at radius 2 is 2.10 bits per heavy atom. The Kier molecular flexibility index (Phi) is 3.00. The molecule has 0 radical (unpaired) electrons. The van der Waals surface area contributed by atoms with Gasteiger partial charge in [-0.2, -0.15) is 0 Å². The lowest BCUT2D eigenvalue weighted by Gasteiger charge is -2.39. The fourth-order valence-corrected chi connectivity index (χ4v) is 3.19. The number of aromatic amines is 1. The van der Waals surface area contributed by atoms with Gasteiger partial charge >= 0.3 is 0 Å². The molecule has 2 atom stereocenters. The first-order valence-corrected chi connectivity index (χ1v) is 7.45. The number of imidazole rings is 1. The first kappa shape index (κ1) is 12.6. The predicted molar refractivity (Wildman–Crippen MR) is 78.7 cm³/mol. The second-order valence-electron chi connectivity index (χ2n) is 5.66. The van der Waals surface area contributed by atoms with Crippen molar-refractivity contribution in [3.8, 4) is 0 Å². The monoisotopic (exact) mass is 282 g/mol. The van der Waals surface area contributed by atoms with Crippen molar-refractivity contribution in [3.63, 3.8) is 0 Å². The number of aromatic nitrogens is 2. The molecule has 1 saturated heterocycles. The zero-order chi connectivity index (χ0) is 14.2. The summed E-state index contributed by atoms with van der Waals surface area (Å²) < 4.78 is 0. The second kappa shape index (κ2) is 5.00. The van der Waals surface area contributed by atoms with Crippen molar-refractivity contribution >= 4 is 5.91 Å². The van der Waals surface area contributed by atoms with Crippen LogP contribution >= 0.6 is 0 Å². The van der Waals surface area contributed by atoms with Gasteiger partial charge in [-0.1, -0.05) is 30.3 Å². The summed E-state index contributed by atoms with van der Waals surface area (Å²) in [6.45, 7) is 1.68. The van der Waals surface area contributed by atoms with Crippen LogP contribution in [0, 0.1) is 0 Å². The molecule has 5 nitrogen and oxygen atoms in total.